The van der Waals surface area contributed by atoms with Gasteiger partial charge in [0.2, 0.25) is 0 Å². The Hall–Kier alpha value is -2.53. The number of carbonyl (C=O) groups excluding carboxylic acids is 1. The molecule has 2 aromatic carbocycles. The van der Waals surface area contributed by atoms with Gasteiger partial charge in [-0.05, 0) is 42.7 Å². The van der Waals surface area contributed by atoms with Crippen molar-refractivity contribution in [3.63, 3.8) is 0 Å². The van der Waals surface area contributed by atoms with Crippen LogP contribution in [0.2, 0.25) is 0 Å². The predicted octanol–water partition coefficient (Wildman–Crippen LogP) is 3.17. The Labute approximate surface area is 141 Å². The molecule has 24 heavy (non-hydrogen) atoms. The fourth-order valence-corrected chi connectivity index (χ4v) is 3.06. The van der Waals surface area contributed by atoms with Crippen molar-refractivity contribution in [2.24, 2.45) is 0 Å². The van der Waals surface area contributed by atoms with E-state index in [2.05, 4.69) is 10.6 Å². The van der Waals surface area contributed by atoms with Crippen LogP contribution < -0.4 is 15.4 Å². The van der Waals surface area contributed by atoms with Gasteiger partial charge in [-0.15, -0.1) is 0 Å². The number of fused-ring (bicyclic) bond motifs is 1. The van der Waals surface area contributed by atoms with E-state index in [1.54, 1.807) is 0 Å². The number of hydrogen-bond donors (Lipinski definition) is 3. The maximum absolute atomic E-state index is 12.4. The lowest BCUT2D eigenvalue weighted by Gasteiger charge is -2.19. The van der Waals surface area contributed by atoms with Gasteiger partial charge in [-0.3, -0.25) is 0 Å². The van der Waals surface area contributed by atoms with Crippen molar-refractivity contribution >= 4 is 11.7 Å². The van der Waals surface area contributed by atoms with Crippen molar-refractivity contribution in [1.82, 2.24) is 5.32 Å². The van der Waals surface area contributed by atoms with Gasteiger partial charge in [-0.1, -0.05) is 30.3 Å². The van der Waals surface area contributed by atoms with Gasteiger partial charge in [-0.2, -0.15) is 0 Å². The fraction of sp³-hybridized carbons (Fsp3) is 0.316. The number of amides is 2. The summed E-state index contributed by atoms with van der Waals surface area (Å²) in [6.07, 6.45) is -0.0620. The Kier molecular flexibility index (Phi) is 4.71. The number of nitrogens with one attached hydrogen (secondary N) is 2. The number of ether oxygens (including phenoxy) is 1. The fourth-order valence-electron chi connectivity index (χ4n) is 3.06. The molecule has 0 aliphatic heterocycles. The quantitative estimate of drug-likeness (QED) is 0.808. The Morgan fingerprint density at radius 3 is 2.88 bits per heavy atom. The minimum atomic E-state index is -0.613. The van der Waals surface area contributed by atoms with Gasteiger partial charge in [-0.25, -0.2) is 4.79 Å². The van der Waals surface area contributed by atoms with E-state index in [0.29, 0.717) is 24.5 Å². The molecule has 1 aliphatic carbocycles. The first-order valence-electron chi connectivity index (χ1n) is 8.15. The van der Waals surface area contributed by atoms with Crippen LogP contribution in [0.1, 0.15) is 29.7 Å². The molecule has 0 heterocycles. The van der Waals surface area contributed by atoms with E-state index in [9.17, 15) is 9.90 Å². The van der Waals surface area contributed by atoms with Gasteiger partial charge < -0.3 is 20.5 Å². The number of urea groups is 1. The standard InChI is InChI=1S/C19H22N2O3/c1-3-24-17-10-12(2)8-9-15(17)20-19(23)21-18-14-7-5-4-6-13(14)11-16(18)22/h4-10,16,18,22H,3,11H2,1-2H3,(H2,20,21,23)/t16-,18+/m0/s1. The van der Waals surface area contributed by atoms with Crippen LogP contribution in [0.25, 0.3) is 0 Å². The van der Waals surface area contributed by atoms with Crippen LogP contribution in [0.15, 0.2) is 42.5 Å². The smallest absolute Gasteiger partial charge is 0.319 e. The highest BCUT2D eigenvalue weighted by Gasteiger charge is 2.31. The summed E-state index contributed by atoms with van der Waals surface area (Å²) in [6, 6.07) is 12.6. The maximum Gasteiger partial charge on any atom is 0.319 e. The molecule has 0 bridgehead atoms. The molecule has 3 rings (SSSR count). The normalized spacial score (nSPS) is 18.8. The highest BCUT2D eigenvalue weighted by Crippen LogP contribution is 2.31. The average Bonchev–Trinajstić information content (AvgIpc) is 2.86. The summed E-state index contributed by atoms with van der Waals surface area (Å²) in [5, 5.41) is 15.9. The zero-order chi connectivity index (χ0) is 17.1. The number of anilines is 1. The minimum Gasteiger partial charge on any atom is -0.492 e. The average molecular weight is 326 g/mol. The largest absolute Gasteiger partial charge is 0.492 e. The summed E-state index contributed by atoms with van der Waals surface area (Å²) in [5.74, 6) is 0.639. The van der Waals surface area contributed by atoms with Gasteiger partial charge in [0, 0.05) is 6.42 Å². The first-order valence-corrected chi connectivity index (χ1v) is 8.15. The Morgan fingerprint density at radius 2 is 2.08 bits per heavy atom. The van der Waals surface area contributed by atoms with Crippen molar-refractivity contribution in [2.75, 3.05) is 11.9 Å². The van der Waals surface area contributed by atoms with Gasteiger partial charge >= 0.3 is 6.03 Å². The molecule has 2 amide bonds. The number of aryl methyl sites for hydroxylation is 1. The summed E-state index contributed by atoms with van der Waals surface area (Å²) in [4.78, 5) is 12.4. The molecular weight excluding hydrogens is 304 g/mol. The lowest BCUT2D eigenvalue weighted by atomic mass is 10.1. The van der Waals surface area contributed by atoms with E-state index in [1.165, 1.54) is 0 Å². The number of hydrogen-bond acceptors (Lipinski definition) is 3. The molecule has 5 nitrogen and oxygen atoms in total. The first kappa shape index (κ1) is 16.3. The molecule has 0 aromatic heterocycles. The zero-order valence-electron chi connectivity index (χ0n) is 13.9. The predicted molar refractivity (Wildman–Crippen MR) is 93.4 cm³/mol. The van der Waals surface area contributed by atoms with E-state index in [0.717, 1.165) is 16.7 Å². The Balaban J connectivity index is 1.73. The lowest BCUT2D eigenvalue weighted by Crippen LogP contribution is -2.36. The minimum absolute atomic E-state index is 0.361. The summed E-state index contributed by atoms with van der Waals surface area (Å²) >= 11 is 0. The van der Waals surface area contributed by atoms with Crippen LogP contribution in [-0.4, -0.2) is 23.8 Å². The Morgan fingerprint density at radius 1 is 1.29 bits per heavy atom. The van der Waals surface area contributed by atoms with Crippen molar-refractivity contribution < 1.29 is 14.6 Å². The number of carbonyl (C=O) groups is 1. The van der Waals surface area contributed by atoms with Crippen LogP contribution >= 0.6 is 0 Å². The molecule has 5 heteroatoms. The SMILES string of the molecule is CCOc1cc(C)ccc1NC(=O)N[C@@H]1c2ccccc2C[C@@H]1O. The molecule has 0 saturated carbocycles. The van der Waals surface area contributed by atoms with Crippen molar-refractivity contribution in [3.8, 4) is 5.75 Å². The second-order valence-corrected chi connectivity index (χ2v) is 5.98. The molecule has 126 valence electrons. The van der Waals surface area contributed by atoms with Gasteiger partial charge in [0.1, 0.15) is 5.75 Å². The van der Waals surface area contributed by atoms with Crippen LogP contribution in [-0.2, 0) is 6.42 Å². The van der Waals surface area contributed by atoms with Gasteiger partial charge in [0.05, 0.1) is 24.4 Å². The molecule has 0 spiro atoms. The molecule has 0 saturated heterocycles. The molecule has 0 radical (unpaired) electrons. The van der Waals surface area contributed by atoms with Gasteiger partial charge in [0.15, 0.2) is 0 Å². The monoisotopic (exact) mass is 326 g/mol. The number of aliphatic hydroxyl groups is 1. The van der Waals surface area contributed by atoms with E-state index in [1.807, 2.05) is 56.3 Å². The molecule has 2 atom stereocenters. The summed E-state index contributed by atoms with van der Waals surface area (Å²) < 4.78 is 5.57. The van der Waals surface area contributed by atoms with Crippen LogP contribution in [0.3, 0.4) is 0 Å². The molecule has 0 fully saturated rings. The maximum atomic E-state index is 12.4. The topological polar surface area (TPSA) is 70.6 Å². The highest BCUT2D eigenvalue weighted by molar-refractivity contribution is 5.91. The van der Waals surface area contributed by atoms with Crippen molar-refractivity contribution in [2.45, 2.75) is 32.4 Å². The molecule has 2 aromatic rings. The zero-order valence-corrected chi connectivity index (χ0v) is 13.9. The lowest BCUT2D eigenvalue weighted by molar-refractivity contribution is 0.144. The summed E-state index contributed by atoms with van der Waals surface area (Å²) in [7, 11) is 0. The van der Waals surface area contributed by atoms with Crippen molar-refractivity contribution in [1.29, 1.82) is 0 Å². The third-order valence-electron chi connectivity index (χ3n) is 4.18. The van der Waals surface area contributed by atoms with E-state index in [4.69, 9.17) is 4.74 Å². The van der Waals surface area contributed by atoms with Crippen LogP contribution in [0.4, 0.5) is 10.5 Å². The van der Waals surface area contributed by atoms with E-state index >= 15 is 0 Å². The number of rotatable bonds is 4. The van der Waals surface area contributed by atoms with E-state index in [-0.39, 0.29) is 6.03 Å². The number of benzene rings is 2. The second kappa shape index (κ2) is 6.93. The number of aliphatic hydroxyl groups excluding tert-OH is 1. The van der Waals surface area contributed by atoms with Crippen LogP contribution in [0.5, 0.6) is 5.75 Å². The summed E-state index contributed by atoms with van der Waals surface area (Å²) in [6.45, 7) is 4.39. The second-order valence-electron chi connectivity index (χ2n) is 5.98. The Bertz CT molecular complexity index is 745. The van der Waals surface area contributed by atoms with E-state index < -0.39 is 12.1 Å². The first-order chi connectivity index (χ1) is 11.6. The highest BCUT2D eigenvalue weighted by atomic mass is 16.5. The molecular formula is C19H22N2O3. The summed E-state index contributed by atoms with van der Waals surface area (Å²) in [5.41, 5.74) is 3.71. The third-order valence-corrected chi connectivity index (χ3v) is 4.18. The molecule has 1 aliphatic rings. The molecule has 3 N–H and O–H groups in total. The van der Waals surface area contributed by atoms with Crippen LogP contribution in [0, 0.1) is 6.92 Å². The van der Waals surface area contributed by atoms with Gasteiger partial charge in [0.25, 0.3) is 0 Å². The third kappa shape index (κ3) is 3.36. The van der Waals surface area contributed by atoms with Crippen molar-refractivity contribution in [3.05, 3.63) is 59.2 Å². The molecule has 0 unspecified atom stereocenters.